The van der Waals surface area contributed by atoms with Crippen molar-refractivity contribution in [2.24, 2.45) is 5.92 Å². The van der Waals surface area contributed by atoms with Gasteiger partial charge < -0.3 is 5.32 Å². The summed E-state index contributed by atoms with van der Waals surface area (Å²) in [6.45, 7) is 8.41. The molecule has 0 saturated heterocycles. The zero-order chi connectivity index (χ0) is 10.5. The second-order valence-corrected chi connectivity index (χ2v) is 5.63. The molecule has 0 heterocycles. The van der Waals surface area contributed by atoms with E-state index in [0.29, 0.717) is 5.92 Å². The van der Waals surface area contributed by atoms with Crippen molar-refractivity contribution in [3.8, 4) is 0 Å². The second kappa shape index (κ2) is 5.57. The van der Waals surface area contributed by atoms with Crippen molar-refractivity contribution in [3.63, 3.8) is 0 Å². The molecule has 0 aliphatic heterocycles. The lowest BCUT2D eigenvalue weighted by Crippen LogP contribution is -2.38. The summed E-state index contributed by atoms with van der Waals surface area (Å²) in [5, 5.41) is 2.88. The van der Waals surface area contributed by atoms with E-state index in [0.717, 1.165) is 6.54 Å². The van der Waals surface area contributed by atoms with E-state index in [2.05, 4.69) is 10.0 Å². The molecule has 4 nitrogen and oxygen atoms in total. The molecular weight excluding hydrogens is 188 g/mol. The van der Waals surface area contributed by atoms with Gasteiger partial charge in [0.1, 0.15) is 5.88 Å². The maximum absolute atomic E-state index is 11.2. The van der Waals surface area contributed by atoms with Gasteiger partial charge in [-0.1, -0.05) is 13.8 Å². The minimum Gasteiger partial charge on any atom is -0.302 e. The normalized spacial score (nSPS) is 12.8. The zero-order valence-corrected chi connectivity index (χ0v) is 9.61. The third-order valence-electron chi connectivity index (χ3n) is 1.26. The number of sulfonamides is 1. The van der Waals surface area contributed by atoms with Crippen LogP contribution < -0.4 is 10.0 Å². The average Bonchev–Trinajstić information content (AvgIpc) is 1.81. The summed E-state index contributed by atoms with van der Waals surface area (Å²) in [5.74, 6) is 0.470. The number of hydrogen-bond donors (Lipinski definition) is 2. The van der Waals surface area contributed by atoms with Crippen molar-refractivity contribution in [3.05, 3.63) is 0 Å². The first-order chi connectivity index (χ1) is 5.83. The van der Waals surface area contributed by atoms with Crippen LogP contribution in [0.3, 0.4) is 0 Å². The molecule has 13 heavy (non-hydrogen) atoms. The largest absolute Gasteiger partial charge is 0.302 e. The highest BCUT2D eigenvalue weighted by Gasteiger charge is 2.10. The summed E-state index contributed by atoms with van der Waals surface area (Å²) in [5.41, 5.74) is 0. The van der Waals surface area contributed by atoms with E-state index in [-0.39, 0.29) is 11.9 Å². The fourth-order valence-electron chi connectivity index (χ4n) is 0.883. The van der Waals surface area contributed by atoms with Gasteiger partial charge in [-0.15, -0.1) is 0 Å². The highest BCUT2D eigenvalue weighted by atomic mass is 32.2. The zero-order valence-electron chi connectivity index (χ0n) is 8.79. The molecule has 0 bridgehead atoms. The molecule has 0 amide bonds. The van der Waals surface area contributed by atoms with E-state index < -0.39 is 10.0 Å². The summed E-state index contributed by atoms with van der Waals surface area (Å²) >= 11 is 0. The van der Waals surface area contributed by atoms with Crippen LogP contribution in [0.5, 0.6) is 0 Å². The van der Waals surface area contributed by atoms with Gasteiger partial charge in [0.2, 0.25) is 10.0 Å². The van der Waals surface area contributed by atoms with Crippen molar-refractivity contribution in [1.29, 1.82) is 0 Å². The van der Waals surface area contributed by atoms with E-state index in [1.807, 2.05) is 13.8 Å². The van der Waals surface area contributed by atoms with Crippen LogP contribution in [-0.2, 0) is 10.0 Å². The van der Waals surface area contributed by atoms with E-state index in [9.17, 15) is 8.42 Å². The van der Waals surface area contributed by atoms with Crippen LogP contribution in [-0.4, -0.2) is 26.9 Å². The molecular formula is C8H20N2O2S. The van der Waals surface area contributed by atoms with Crippen LogP contribution in [0.1, 0.15) is 27.7 Å². The molecule has 0 spiro atoms. The van der Waals surface area contributed by atoms with Gasteiger partial charge in [-0.2, -0.15) is 0 Å². The minimum absolute atomic E-state index is 0.00333. The van der Waals surface area contributed by atoms with E-state index >= 15 is 0 Å². The molecule has 0 aromatic heterocycles. The van der Waals surface area contributed by atoms with Crippen molar-refractivity contribution in [2.45, 2.75) is 33.7 Å². The first kappa shape index (κ1) is 12.9. The Labute approximate surface area is 81.2 Å². The molecule has 2 N–H and O–H groups in total. The SMILES string of the molecule is CC(C)CNCS(=O)(=O)NC(C)C. The average molecular weight is 208 g/mol. The summed E-state index contributed by atoms with van der Waals surface area (Å²) in [6, 6.07) is -0.0363. The molecule has 80 valence electrons. The molecule has 0 unspecified atom stereocenters. The third kappa shape index (κ3) is 8.21. The Hall–Kier alpha value is -0.130. The Morgan fingerprint density at radius 3 is 2.08 bits per heavy atom. The predicted octanol–water partition coefficient (Wildman–Crippen LogP) is 0.517. The standard InChI is InChI=1S/C8H20N2O2S/c1-7(2)5-9-6-13(11,12)10-8(3)4/h7-10H,5-6H2,1-4H3. The van der Waals surface area contributed by atoms with Gasteiger partial charge >= 0.3 is 0 Å². The van der Waals surface area contributed by atoms with Gasteiger partial charge in [0.25, 0.3) is 0 Å². The molecule has 0 aromatic rings. The summed E-state index contributed by atoms with van der Waals surface area (Å²) < 4.78 is 25.0. The maximum Gasteiger partial charge on any atom is 0.224 e. The fourth-order valence-corrected chi connectivity index (χ4v) is 2.07. The lowest BCUT2D eigenvalue weighted by atomic mass is 10.2. The molecule has 0 aliphatic rings. The monoisotopic (exact) mass is 208 g/mol. The van der Waals surface area contributed by atoms with Gasteiger partial charge in [-0.3, -0.25) is 0 Å². The molecule has 0 atom stereocenters. The highest BCUT2D eigenvalue weighted by Crippen LogP contribution is 1.89. The van der Waals surface area contributed by atoms with Crippen LogP contribution in [0, 0.1) is 5.92 Å². The van der Waals surface area contributed by atoms with E-state index in [1.54, 1.807) is 13.8 Å². The quantitative estimate of drug-likeness (QED) is 0.669. The molecule has 0 fully saturated rings. The summed E-state index contributed by atoms with van der Waals surface area (Å²) in [6.07, 6.45) is 0. The Kier molecular flexibility index (Phi) is 5.51. The van der Waals surface area contributed by atoms with E-state index in [4.69, 9.17) is 0 Å². The van der Waals surface area contributed by atoms with Crippen LogP contribution in [0.2, 0.25) is 0 Å². The van der Waals surface area contributed by atoms with Gasteiger partial charge in [-0.25, -0.2) is 13.1 Å². The van der Waals surface area contributed by atoms with Crippen LogP contribution >= 0.6 is 0 Å². The molecule has 0 aliphatic carbocycles. The number of rotatable bonds is 6. The Morgan fingerprint density at radius 2 is 1.69 bits per heavy atom. The fraction of sp³-hybridized carbons (Fsp3) is 1.00. The summed E-state index contributed by atoms with van der Waals surface area (Å²) in [7, 11) is -3.14. The Balaban J connectivity index is 3.77. The second-order valence-electron chi connectivity index (χ2n) is 3.88. The van der Waals surface area contributed by atoms with Gasteiger partial charge in [0.05, 0.1) is 0 Å². The topological polar surface area (TPSA) is 58.2 Å². The smallest absolute Gasteiger partial charge is 0.224 e. The third-order valence-corrected chi connectivity index (χ3v) is 2.67. The minimum atomic E-state index is -3.14. The predicted molar refractivity (Wildman–Crippen MR) is 54.9 cm³/mol. The van der Waals surface area contributed by atoms with Crippen molar-refractivity contribution < 1.29 is 8.42 Å². The lowest BCUT2D eigenvalue weighted by Gasteiger charge is -2.11. The first-order valence-electron chi connectivity index (χ1n) is 4.54. The molecule has 0 saturated carbocycles. The van der Waals surface area contributed by atoms with Crippen LogP contribution in [0.15, 0.2) is 0 Å². The van der Waals surface area contributed by atoms with Crippen LogP contribution in [0.4, 0.5) is 0 Å². The lowest BCUT2D eigenvalue weighted by molar-refractivity contribution is 0.543. The first-order valence-corrected chi connectivity index (χ1v) is 6.19. The molecule has 0 rings (SSSR count). The van der Waals surface area contributed by atoms with Crippen molar-refractivity contribution in [2.75, 3.05) is 12.4 Å². The molecule has 5 heteroatoms. The Morgan fingerprint density at radius 1 is 1.15 bits per heavy atom. The van der Waals surface area contributed by atoms with Crippen LogP contribution in [0.25, 0.3) is 0 Å². The Bertz CT molecular complexity index is 222. The highest BCUT2D eigenvalue weighted by molar-refractivity contribution is 7.89. The number of hydrogen-bond acceptors (Lipinski definition) is 3. The molecule has 0 radical (unpaired) electrons. The number of nitrogens with one attached hydrogen (secondary N) is 2. The maximum atomic E-state index is 11.2. The van der Waals surface area contributed by atoms with Gasteiger partial charge in [0, 0.05) is 6.04 Å². The van der Waals surface area contributed by atoms with Gasteiger partial charge in [0.15, 0.2) is 0 Å². The van der Waals surface area contributed by atoms with E-state index in [1.165, 1.54) is 0 Å². The van der Waals surface area contributed by atoms with Crippen molar-refractivity contribution in [1.82, 2.24) is 10.0 Å². The van der Waals surface area contributed by atoms with Crippen molar-refractivity contribution >= 4 is 10.0 Å². The summed E-state index contributed by atoms with van der Waals surface area (Å²) in [4.78, 5) is 0. The van der Waals surface area contributed by atoms with Gasteiger partial charge in [-0.05, 0) is 26.3 Å². The molecule has 0 aromatic carbocycles.